The fourth-order valence-corrected chi connectivity index (χ4v) is 2.13. The van der Waals surface area contributed by atoms with E-state index < -0.39 is 0 Å². The molecular formula is C11H16N4OS. The Balaban J connectivity index is 1.67. The van der Waals surface area contributed by atoms with Crippen molar-refractivity contribution in [3.05, 3.63) is 34.5 Å². The van der Waals surface area contributed by atoms with Gasteiger partial charge in [-0.2, -0.15) is 5.10 Å². The predicted octanol–water partition coefficient (Wildman–Crippen LogP) is 0.664. The number of nitrogens with zero attached hydrogens (tertiary/aromatic N) is 3. The van der Waals surface area contributed by atoms with Gasteiger partial charge in [0.1, 0.15) is 0 Å². The molecule has 2 rings (SSSR count). The van der Waals surface area contributed by atoms with E-state index in [4.69, 9.17) is 5.11 Å². The highest BCUT2D eigenvalue weighted by Crippen LogP contribution is 2.01. The van der Waals surface area contributed by atoms with Crippen LogP contribution in [0.2, 0.25) is 0 Å². The molecule has 2 aromatic heterocycles. The first kappa shape index (κ1) is 12.2. The van der Waals surface area contributed by atoms with Crippen molar-refractivity contribution in [2.75, 3.05) is 13.2 Å². The standard InChI is InChI=1S/C11H16N4OS/c16-4-3-15-7-10(6-14-15)5-12-2-1-11-8-17-9-13-11/h6-9,12,16H,1-5H2. The van der Waals surface area contributed by atoms with Crippen molar-refractivity contribution in [3.63, 3.8) is 0 Å². The number of thiazole rings is 1. The fraction of sp³-hybridized carbons (Fsp3) is 0.455. The van der Waals surface area contributed by atoms with Crippen LogP contribution in [0, 0.1) is 0 Å². The normalized spacial score (nSPS) is 10.9. The molecule has 6 heteroatoms. The van der Waals surface area contributed by atoms with Crippen LogP contribution in [-0.2, 0) is 19.5 Å². The number of nitrogens with one attached hydrogen (secondary N) is 1. The number of aromatic nitrogens is 3. The molecule has 0 atom stereocenters. The van der Waals surface area contributed by atoms with Gasteiger partial charge in [0.2, 0.25) is 0 Å². The topological polar surface area (TPSA) is 63.0 Å². The summed E-state index contributed by atoms with van der Waals surface area (Å²) >= 11 is 1.63. The van der Waals surface area contributed by atoms with Gasteiger partial charge in [0.15, 0.2) is 0 Å². The zero-order valence-corrected chi connectivity index (χ0v) is 10.4. The first-order valence-electron chi connectivity index (χ1n) is 5.58. The van der Waals surface area contributed by atoms with E-state index >= 15 is 0 Å². The summed E-state index contributed by atoms with van der Waals surface area (Å²) in [4.78, 5) is 4.22. The third-order valence-corrected chi connectivity index (χ3v) is 3.02. The summed E-state index contributed by atoms with van der Waals surface area (Å²) in [6.45, 7) is 2.39. The van der Waals surface area contributed by atoms with Crippen molar-refractivity contribution in [2.24, 2.45) is 0 Å². The Morgan fingerprint density at radius 3 is 3.18 bits per heavy atom. The SMILES string of the molecule is OCCn1cc(CNCCc2cscn2)cn1. The molecule has 0 aliphatic carbocycles. The Bertz CT molecular complexity index is 426. The molecule has 0 saturated heterocycles. The Hall–Kier alpha value is -1.24. The van der Waals surface area contributed by atoms with Crippen LogP contribution in [0.25, 0.3) is 0 Å². The Morgan fingerprint density at radius 2 is 2.41 bits per heavy atom. The molecule has 0 fully saturated rings. The van der Waals surface area contributed by atoms with Gasteiger partial charge < -0.3 is 10.4 Å². The van der Waals surface area contributed by atoms with Gasteiger partial charge in [0, 0.05) is 36.7 Å². The maximum atomic E-state index is 8.77. The van der Waals surface area contributed by atoms with Crippen LogP contribution in [0.15, 0.2) is 23.3 Å². The van der Waals surface area contributed by atoms with E-state index in [1.807, 2.05) is 17.9 Å². The quantitative estimate of drug-likeness (QED) is 0.711. The maximum absolute atomic E-state index is 8.77. The largest absolute Gasteiger partial charge is 0.394 e. The maximum Gasteiger partial charge on any atom is 0.0794 e. The van der Waals surface area contributed by atoms with Crippen molar-refractivity contribution < 1.29 is 5.11 Å². The minimum Gasteiger partial charge on any atom is -0.394 e. The second kappa shape index (κ2) is 6.48. The summed E-state index contributed by atoms with van der Waals surface area (Å²) in [6, 6.07) is 0. The van der Waals surface area contributed by atoms with E-state index in [1.54, 1.807) is 16.0 Å². The van der Waals surface area contributed by atoms with E-state index in [1.165, 1.54) is 0 Å². The number of aliphatic hydroxyl groups excluding tert-OH is 1. The lowest BCUT2D eigenvalue weighted by Gasteiger charge is -2.00. The molecule has 0 radical (unpaired) electrons. The summed E-state index contributed by atoms with van der Waals surface area (Å²) in [5.74, 6) is 0. The fourth-order valence-electron chi connectivity index (χ4n) is 1.53. The molecule has 5 nitrogen and oxygen atoms in total. The molecule has 0 amide bonds. The minimum atomic E-state index is 0.123. The first-order valence-corrected chi connectivity index (χ1v) is 6.53. The molecular weight excluding hydrogens is 236 g/mol. The van der Waals surface area contributed by atoms with E-state index in [-0.39, 0.29) is 6.61 Å². The highest BCUT2D eigenvalue weighted by molar-refractivity contribution is 7.07. The Morgan fingerprint density at radius 1 is 1.47 bits per heavy atom. The smallest absolute Gasteiger partial charge is 0.0794 e. The van der Waals surface area contributed by atoms with Gasteiger partial charge in [0.25, 0.3) is 0 Å². The van der Waals surface area contributed by atoms with Crippen molar-refractivity contribution in [1.82, 2.24) is 20.1 Å². The summed E-state index contributed by atoms with van der Waals surface area (Å²) in [7, 11) is 0. The van der Waals surface area contributed by atoms with E-state index in [0.717, 1.165) is 30.8 Å². The second-order valence-electron chi connectivity index (χ2n) is 3.74. The monoisotopic (exact) mass is 252 g/mol. The van der Waals surface area contributed by atoms with Gasteiger partial charge in [0.05, 0.1) is 30.6 Å². The molecule has 0 spiro atoms. The predicted molar refractivity (Wildman–Crippen MR) is 66.8 cm³/mol. The molecule has 0 aliphatic heterocycles. The minimum absolute atomic E-state index is 0.123. The molecule has 0 unspecified atom stereocenters. The number of hydrogen-bond donors (Lipinski definition) is 2. The van der Waals surface area contributed by atoms with E-state index in [0.29, 0.717) is 6.54 Å². The van der Waals surface area contributed by atoms with Gasteiger partial charge in [-0.15, -0.1) is 11.3 Å². The molecule has 2 heterocycles. The van der Waals surface area contributed by atoms with Crippen LogP contribution in [0.4, 0.5) is 0 Å². The van der Waals surface area contributed by atoms with E-state index in [2.05, 4.69) is 20.8 Å². The number of rotatable bonds is 7. The van der Waals surface area contributed by atoms with Crippen molar-refractivity contribution >= 4 is 11.3 Å². The van der Waals surface area contributed by atoms with Crippen LogP contribution in [-0.4, -0.2) is 33.0 Å². The van der Waals surface area contributed by atoms with Gasteiger partial charge >= 0.3 is 0 Å². The second-order valence-corrected chi connectivity index (χ2v) is 4.46. The lowest BCUT2D eigenvalue weighted by atomic mass is 10.3. The third-order valence-electron chi connectivity index (χ3n) is 2.39. The van der Waals surface area contributed by atoms with Gasteiger partial charge in [-0.3, -0.25) is 4.68 Å². The van der Waals surface area contributed by atoms with Crippen LogP contribution < -0.4 is 5.32 Å². The molecule has 0 bridgehead atoms. The van der Waals surface area contributed by atoms with Crippen molar-refractivity contribution in [1.29, 1.82) is 0 Å². The van der Waals surface area contributed by atoms with Crippen LogP contribution in [0.5, 0.6) is 0 Å². The summed E-state index contributed by atoms with van der Waals surface area (Å²) in [5, 5.41) is 18.3. The average molecular weight is 252 g/mol. The highest BCUT2D eigenvalue weighted by atomic mass is 32.1. The molecule has 2 aromatic rings. The van der Waals surface area contributed by atoms with Crippen LogP contribution in [0.3, 0.4) is 0 Å². The zero-order valence-electron chi connectivity index (χ0n) is 9.54. The lowest BCUT2D eigenvalue weighted by molar-refractivity contribution is 0.269. The van der Waals surface area contributed by atoms with E-state index in [9.17, 15) is 0 Å². The van der Waals surface area contributed by atoms with Gasteiger partial charge in [-0.25, -0.2) is 4.98 Å². The van der Waals surface area contributed by atoms with Gasteiger partial charge in [-0.05, 0) is 0 Å². The Labute approximate surface area is 104 Å². The summed E-state index contributed by atoms with van der Waals surface area (Å²) < 4.78 is 1.75. The van der Waals surface area contributed by atoms with Crippen molar-refractivity contribution in [2.45, 2.75) is 19.5 Å². The number of aliphatic hydroxyl groups is 1. The Kier molecular flexibility index (Phi) is 4.66. The third kappa shape index (κ3) is 3.92. The molecule has 0 aromatic carbocycles. The van der Waals surface area contributed by atoms with Gasteiger partial charge in [-0.1, -0.05) is 0 Å². The molecule has 17 heavy (non-hydrogen) atoms. The summed E-state index contributed by atoms with van der Waals surface area (Å²) in [5.41, 5.74) is 4.13. The lowest BCUT2D eigenvalue weighted by Crippen LogP contribution is -2.16. The molecule has 92 valence electrons. The number of hydrogen-bond acceptors (Lipinski definition) is 5. The molecule has 2 N–H and O–H groups in total. The summed E-state index contributed by atoms with van der Waals surface area (Å²) in [6.07, 6.45) is 4.73. The molecule has 0 aliphatic rings. The first-order chi connectivity index (χ1) is 8.38. The van der Waals surface area contributed by atoms with Crippen LogP contribution >= 0.6 is 11.3 Å². The zero-order chi connectivity index (χ0) is 11.9. The molecule has 0 saturated carbocycles. The van der Waals surface area contributed by atoms with Crippen LogP contribution in [0.1, 0.15) is 11.3 Å². The highest BCUT2D eigenvalue weighted by Gasteiger charge is 1.98. The average Bonchev–Trinajstić information content (AvgIpc) is 2.96. The van der Waals surface area contributed by atoms with Crippen molar-refractivity contribution in [3.8, 4) is 0 Å².